The Hall–Kier alpha value is -2.22. The molecule has 0 heterocycles. The SMILES string of the molecule is CN(C)CCOC(c1ccccc1)c1ccc(Br)cc1.CN(C)CCOC(c1ccccc1)c1ccccc1.Cl.Cl. The zero-order valence-corrected chi connectivity index (χ0v) is 27.6. The van der Waals surface area contributed by atoms with Gasteiger partial charge < -0.3 is 19.3 Å². The van der Waals surface area contributed by atoms with Gasteiger partial charge in [-0.1, -0.05) is 119 Å². The van der Waals surface area contributed by atoms with Crippen LogP contribution >= 0.6 is 40.7 Å². The van der Waals surface area contributed by atoms with Crippen LogP contribution in [0.25, 0.3) is 0 Å². The van der Waals surface area contributed by atoms with Crippen LogP contribution in [-0.4, -0.2) is 64.3 Å². The highest BCUT2D eigenvalue weighted by Gasteiger charge is 2.15. The third-order valence-corrected chi connectivity index (χ3v) is 6.65. The maximum Gasteiger partial charge on any atom is 0.108 e. The fourth-order valence-corrected chi connectivity index (χ4v) is 4.26. The molecule has 4 rings (SSSR count). The number of nitrogens with zero attached hydrogens (tertiary/aromatic N) is 2. The van der Waals surface area contributed by atoms with Crippen molar-refractivity contribution in [2.45, 2.75) is 12.2 Å². The summed E-state index contributed by atoms with van der Waals surface area (Å²) in [5, 5.41) is 0. The van der Waals surface area contributed by atoms with Gasteiger partial charge in [0.05, 0.1) is 13.2 Å². The third-order valence-electron chi connectivity index (χ3n) is 6.13. The van der Waals surface area contributed by atoms with E-state index < -0.39 is 0 Å². The first-order chi connectivity index (χ1) is 18.9. The molecule has 0 amide bonds. The number of ether oxygens (including phenoxy) is 2. The van der Waals surface area contributed by atoms with Crippen molar-refractivity contribution in [1.29, 1.82) is 0 Å². The van der Waals surface area contributed by atoms with Crippen LogP contribution in [0.1, 0.15) is 34.5 Å². The summed E-state index contributed by atoms with van der Waals surface area (Å²) in [7, 11) is 8.23. The molecule has 1 unspecified atom stereocenters. The van der Waals surface area contributed by atoms with Crippen molar-refractivity contribution in [3.8, 4) is 0 Å². The summed E-state index contributed by atoms with van der Waals surface area (Å²) in [6.45, 7) is 3.28. The lowest BCUT2D eigenvalue weighted by atomic mass is 10.0. The van der Waals surface area contributed by atoms with Crippen LogP contribution < -0.4 is 0 Å². The molecule has 4 aromatic rings. The zero-order chi connectivity index (χ0) is 27.9. The van der Waals surface area contributed by atoms with Gasteiger partial charge in [-0.25, -0.2) is 0 Å². The van der Waals surface area contributed by atoms with Crippen molar-refractivity contribution in [1.82, 2.24) is 9.80 Å². The van der Waals surface area contributed by atoms with Crippen molar-refractivity contribution >= 4 is 40.7 Å². The molecule has 1 atom stereocenters. The molecule has 0 radical (unpaired) electrons. The Bertz CT molecular complexity index is 1140. The lowest BCUT2D eigenvalue weighted by molar-refractivity contribution is 0.0686. The molecule has 0 saturated heterocycles. The zero-order valence-electron chi connectivity index (χ0n) is 24.4. The molecule has 0 fully saturated rings. The Kier molecular flexibility index (Phi) is 18.5. The van der Waals surface area contributed by atoms with Crippen LogP contribution in [0, 0.1) is 0 Å². The van der Waals surface area contributed by atoms with Gasteiger partial charge >= 0.3 is 0 Å². The molecule has 0 bridgehead atoms. The lowest BCUT2D eigenvalue weighted by Crippen LogP contribution is -2.20. The molecule has 0 saturated carbocycles. The van der Waals surface area contributed by atoms with Gasteiger partial charge in [0.1, 0.15) is 12.2 Å². The minimum absolute atomic E-state index is 0. The summed E-state index contributed by atoms with van der Waals surface area (Å²) in [5.74, 6) is 0. The van der Waals surface area contributed by atoms with Crippen molar-refractivity contribution in [3.63, 3.8) is 0 Å². The van der Waals surface area contributed by atoms with E-state index in [1.165, 1.54) is 22.3 Å². The van der Waals surface area contributed by atoms with Gasteiger partial charge in [0, 0.05) is 17.6 Å². The van der Waals surface area contributed by atoms with E-state index in [9.17, 15) is 0 Å². The van der Waals surface area contributed by atoms with Gasteiger partial charge in [-0.15, -0.1) is 24.8 Å². The minimum Gasteiger partial charge on any atom is -0.367 e. The maximum absolute atomic E-state index is 6.11. The molecule has 0 N–H and O–H groups in total. The Labute approximate surface area is 267 Å². The second-order valence-electron chi connectivity index (χ2n) is 9.89. The first-order valence-electron chi connectivity index (χ1n) is 13.4. The molecular formula is C34H43BrCl2N2O2. The van der Waals surface area contributed by atoms with E-state index in [0.717, 1.165) is 24.2 Å². The molecule has 41 heavy (non-hydrogen) atoms. The Balaban J connectivity index is 0.000000391. The highest BCUT2D eigenvalue weighted by molar-refractivity contribution is 9.10. The predicted octanol–water partition coefficient (Wildman–Crippen LogP) is 8.31. The largest absolute Gasteiger partial charge is 0.367 e. The Morgan fingerprint density at radius 2 is 0.780 bits per heavy atom. The van der Waals surface area contributed by atoms with E-state index in [-0.39, 0.29) is 37.0 Å². The van der Waals surface area contributed by atoms with E-state index in [4.69, 9.17) is 9.47 Å². The second kappa shape index (κ2) is 20.6. The lowest BCUT2D eigenvalue weighted by Gasteiger charge is -2.20. The van der Waals surface area contributed by atoms with Gasteiger partial charge in [0.25, 0.3) is 0 Å². The number of hydrogen-bond donors (Lipinski definition) is 0. The number of hydrogen-bond acceptors (Lipinski definition) is 4. The second-order valence-corrected chi connectivity index (χ2v) is 10.8. The molecule has 0 aromatic heterocycles. The summed E-state index contributed by atoms with van der Waals surface area (Å²) in [5.41, 5.74) is 4.77. The molecule has 0 aliphatic carbocycles. The molecule has 0 spiro atoms. The van der Waals surface area contributed by atoms with E-state index in [1.54, 1.807) is 0 Å². The standard InChI is InChI=1S/C17H20BrNO.C17H21NO.2ClH/c1-19(2)12-13-20-17(14-6-4-3-5-7-14)15-8-10-16(18)11-9-15;1-18(2)13-14-19-17(15-9-5-3-6-10-15)16-11-7-4-8-12-16;;/h3-11,17H,12-13H2,1-2H3;3-12,17H,13-14H2,1-2H3;2*1H. The van der Waals surface area contributed by atoms with Crippen molar-refractivity contribution in [2.75, 3.05) is 54.5 Å². The highest BCUT2D eigenvalue weighted by Crippen LogP contribution is 2.27. The molecule has 4 nitrogen and oxygen atoms in total. The van der Waals surface area contributed by atoms with Crippen molar-refractivity contribution in [3.05, 3.63) is 142 Å². The van der Waals surface area contributed by atoms with Crippen LogP contribution in [0.2, 0.25) is 0 Å². The fourth-order valence-electron chi connectivity index (χ4n) is 4.00. The van der Waals surface area contributed by atoms with E-state index in [2.05, 4.69) is 151 Å². The molecule has 0 aliphatic heterocycles. The van der Waals surface area contributed by atoms with Crippen molar-refractivity contribution in [2.24, 2.45) is 0 Å². The molecule has 4 aromatic carbocycles. The normalized spacial score (nSPS) is 11.3. The average molecular weight is 663 g/mol. The topological polar surface area (TPSA) is 24.9 Å². The van der Waals surface area contributed by atoms with Crippen LogP contribution in [0.5, 0.6) is 0 Å². The van der Waals surface area contributed by atoms with Crippen molar-refractivity contribution < 1.29 is 9.47 Å². The molecule has 7 heteroatoms. The van der Waals surface area contributed by atoms with E-state index in [1.807, 2.05) is 18.2 Å². The fraction of sp³-hybridized carbons (Fsp3) is 0.294. The highest BCUT2D eigenvalue weighted by atomic mass is 79.9. The number of rotatable bonds is 12. The van der Waals surface area contributed by atoms with Crippen LogP contribution in [0.4, 0.5) is 0 Å². The van der Waals surface area contributed by atoms with E-state index >= 15 is 0 Å². The quantitative estimate of drug-likeness (QED) is 0.152. The smallest absolute Gasteiger partial charge is 0.108 e. The summed E-state index contributed by atoms with van der Waals surface area (Å²) in [6.07, 6.45) is 0.00611. The average Bonchev–Trinajstić information content (AvgIpc) is 2.96. The van der Waals surface area contributed by atoms with Gasteiger partial charge in [-0.05, 0) is 62.6 Å². The van der Waals surface area contributed by atoms with Gasteiger partial charge in [0.15, 0.2) is 0 Å². The van der Waals surface area contributed by atoms with Crippen LogP contribution in [-0.2, 0) is 9.47 Å². The minimum atomic E-state index is -0.00995. The first kappa shape index (κ1) is 36.8. The summed E-state index contributed by atoms with van der Waals surface area (Å²) < 4.78 is 13.3. The van der Waals surface area contributed by atoms with Crippen LogP contribution in [0.3, 0.4) is 0 Å². The van der Waals surface area contributed by atoms with Crippen LogP contribution in [0.15, 0.2) is 120 Å². The maximum atomic E-state index is 6.11. The molecule has 222 valence electrons. The van der Waals surface area contributed by atoms with E-state index in [0.29, 0.717) is 6.61 Å². The number of benzene rings is 4. The molecule has 0 aliphatic rings. The third kappa shape index (κ3) is 13.5. The number of likely N-dealkylation sites (N-methyl/N-ethyl adjacent to an activating group) is 2. The summed E-state index contributed by atoms with van der Waals surface area (Å²) >= 11 is 3.48. The Morgan fingerprint density at radius 1 is 0.488 bits per heavy atom. The Morgan fingerprint density at radius 3 is 1.07 bits per heavy atom. The molecular weight excluding hydrogens is 619 g/mol. The predicted molar refractivity (Wildman–Crippen MR) is 181 cm³/mol. The first-order valence-corrected chi connectivity index (χ1v) is 14.2. The van der Waals surface area contributed by atoms with Gasteiger partial charge in [-0.3, -0.25) is 0 Å². The number of halogens is 3. The van der Waals surface area contributed by atoms with Gasteiger partial charge in [-0.2, -0.15) is 0 Å². The monoisotopic (exact) mass is 660 g/mol. The summed E-state index contributed by atoms with van der Waals surface area (Å²) in [4.78, 5) is 4.26. The summed E-state index contributed by atoms with van der Waals surface area (Å²) in [6, 6.07) is 39.5. The van der Waals surface area contributed by atoms with Gasteiger partial charge in [0.2, 0.25) is 0 Å².